The standard InChI is InChI=1S/C32H28F2N4O4S3/c1-45(40,41)15-14-35-19-21-2-6-22(7-3-21)29-18-26-31(44-29)28(12-13-36-26)42-27-11-10-24(17-25(27)34)37-32(43)38-30(39)16-20-4-8-23(33)9-5-20/h2-13,17-18,35H,14-16,19H2,1H3,(H2,37,38,39,43). The number of fused-ring (bicyclic) bond motifs is 1. The number of pyridine rings is 1. The summed E-state index contributed by atoms with van der Waals surface area (Å²) in [5.74, 6) is -0.885. The number of anilines is 1. The van der Waals surface area contributed by atoms with Gasteiger partial charge in [0.2, 0.25) is 5.91 Å². The summed E-state index contributed by atoms with van der Waals surface area (Å²) >= 11 is 6.65. The fraction of sp³-hybridized carbons (Fsp3) is 0.156. The molecule has 0 aliphatic rings. The molecule has 0 unspecified atom stereocenters. The van der Waals surface area contributed by atoms with Crippen molar-refractivity contribution in [1.82, 2.24) is 15.6 Å². The van der Waals surface area contributed by atoms with E-state index < -0.39 is 27.4 Å². The van der Waals surface area contributed by atoms with Gasteiger partial charge in [-0.25, -0.2) is 17.2 Å². The van der Waals surface area contributed by atoms with Gasteiger partial charge in [0.05, 0.1) is 22.4 Å². The minimum Gasteiger partial charge on any atom is -0.453 e. The number of aromatic nitrogens is 1. The van der Waals surface area contributed by atoms with Crippen molar-refractivity contribution in [2.45, 2.75) is 13.0 Å². The van der Waals surface area contributed by atoms with E-state index in [1.165, 1.54) is 54.0 Å². The lowest BCUT2D eigenvalue weighted by atomic mass is 10.1. The number of benzene rings is 3. The molecule has 45 heavy (non-hydrogen) atoms. The lowest BCUT2D eigenvalue weighted by Gasteiger charge is -2.12. The maximum Gasteiger partial charge on any atom is 0.230 e. The van der Waals surface area contributed by atoms with Gasteiger partial charge in [0.25, 0.3) is 0 Å². The molecule has 0 fully saturated rings. The summed E-state index contributed by atoms with van der Waals surface area (Å²) < 4.78 is 57.4. The minimum atomic E-state index is -3.01. The van der Waals surface area contributed by atoms with Gasteiger partial charge in [-0.2, -0.15) is 0 Å². The number of nitrogens with one attached hydrogen (secondary N) is 3. The minimum absolute atomic E-state index is 0.00184. The molecule has 0 spiro atoms. The highest BCUT2D eigenvalue weighted by molar-refractivity contribution is 7.90. The number of nitrogens with zero attached hydrogens (tertiary/aromatic N) is 1. The number of rotatable bonds is 11. The zero-order valence-corrected chi connectivity index (χ0v) is 26.4. The highest BCUT2D eigenvalue weighted by Crippen LogP contribution is 2.39. The Labute approximate surface area is 268 Å². The summed E-state index contributed by atoms with van der Waals surface area (Å²) in [4.78, 5) is 17.7. The molecule has 5 aromatic rings. The quantitative estimate of drug-likeness (QED) is 0.113. The SMILES string of the molecule is CS(=O)(=O)CCNCc1ccc(-c2cc3nccc(Oc4ccc(NC(=S)NC(=O)Cc5ccc(F)cc5)cc4F)c3s2)cc1. The molecule has 0 saturated carbocycles. The van der Waals surface area contributed by atoms with Crippen molar-refractivity contribution >= 4 is 60.3 Å². The van der Waals surface area contributed by atoms with Crippen molar-refractivity contribution in [3.05, 3.63) is 108 Å². The summed E-state index contributed by atoms with van der Waals surface area (Å²) in [6.45, 7) is 0.941. The number of amides is 1. The highest BCUT2D eigenvalue weighted by Gasteiger charge is 2.14. The number of hydrogen-bond acceptors (Lipinski definition) is 8. The fourth-order valence-electron chi connectivity index (χ4n) is 4.32. The molecule has 8 nitrogen and oxygen atoms in total. The average Bonchev–Trinajstić information content (AvgIpc) is 3.43. The number of thiophene rings is 1. The Balaban J connectivity index is 1.20. The van der Waals surface area contributed by atoms with Crippen molar-refractivity contribution in [2.24, 2.45) is 0 Å². The van der Waals surface area contributed by atoms with Crippen LogP contribution in [0.3, 0.4) is 0 Å². The number of ether oxygens (including phenoxy) is 1. The Morgan fingerprint density at radius 3 is 2.40 bits per heavy atom. The molecule has 0 atom stereocenters. The van der Waals surface area contributed by atoms with Crippen LogP contribution in [-0.2, 0) is 27.6 Å². The third-order valence-corrected chi connectivity index (χ3v) is 8.87. The van der Waals surface area contributed by atoms with Gasteiger partial charge in [0, 0.05) is 48.2 Å². The van der Waals surface area contributed by atoms with E-state index in [4.69, 9.17) is 17.0 Å². The zero-order chi connectivity index (χ0) is 32.0. The lowest BCUT2D eigenvalue weighted by molar-refractivity contribution is -0.119. The molecule has 2 aromatic heterocycles. The first-order valence-electron chi connectivity index (χ1n) is 13.7. The van der Waals surface area contributed by atoms with Crippen LogP contribution in [0.1, 0.15) is 11.1 Å². The van der Waals surface area contributed by atoms with Crippen LogP contribution < -0.4 is 20.7 Å². The van der Waals surface area contributed by atoms with E-state index in [2.05, 4.69) is 20.9 Å². The first-order chi connectivity index (χ1) is 21.5. The summed E-state index contributed by atoms with van der Waals surface area (Å²) in [5, 5.41) is 8.44. The molecule has 0 aliphatic carbocycles. The van der Waals surface area contributed by atoms with Crippen LogP contribution in [0.2, 0.25) is 0 Å². The van der Waals surface area contributed by atoms with Gasteiger partial charge < -0.3 is 20.7 Å². The van der Waals surface area contributed by atoms with Crippen molar-refractivity contribution in [1.29, 1.82) is 0 Å². The van der Waals surface area contributed by atoms with Gasteiger partial charge in [-0.1, -0.05) is 36.4 Å². The predicted octanol–water partition coefficient (Wildman–Crippen LogP) is 6.22. The van der Waals surface area contributed by atoms with Crippen molar-refractivity contribution in [3.63, 3.8) is 0 Å². The molecule has 5 rings (SSSR count). The molecule has 3 aromatic carbocycles. The molecule has 0 saturated heterocycles. The van der Waals surface area contributed by atoms with Crippen LogP contribution in [0.5, 0.6) is 11.5 Å². The molecule has 1 amide bonds. The van der Waals surface area contributed by atoms with Gasteiger partial charge in [-0.15, -0.1) is 11.3 Å². The summed E-state index contributed by atoms with van der Waals surface area (Å²) in [6.07, 6.45) is 2.82. The summed E-state index contributed by atoms with van der Waals surface area (Å²) in [6, 6.07) is 21.4. The number of thiocarbonyl (C=S) groups is 1. The molecule has 0 aliphatic heterocycles. The molecule has 3 N–H and O–H groups in total. The van der Waals surface area contributed by atoms with E-state index in [1.54, 1.807) is 18.3 Å². The Morgan fingerprint density at radius 1 is 0.956 bits per heavy atom. The second kappa shape index (κ2) is 14.2. The van der Waals surface area contributed by atoms with Crippen LogP contribution in [0.4, 0.5) is 14.5 Å². The summed E-state index contributed by atoms with van der Waals surface area (Å²) in [5.41, 5.74) is 3.65. The first-order valence-corrected chi connectivity index (χ1v) is 17.0. The van der Waals surface area contributed by atoms with Crippen molar-refractivity contribution in [3.8, 4) is 21.9 Å². The van der Waals surface area contributed by atoms with Crippen molar-refractivity contribution in [2.75, 3.05) is 23.9 Å². The van der Waals surface area contributed by atoms with E-state index in [-0.39, 0.29) is 23.0 Å². The van der Waals surface area contributed by atoms with Crippen LogP contribution in [0, 0.1) is 11.6 Å². The maximum absolute atomic E-state index is 15.1. The second-order valence-corrected chi connectivity index (χ2v) is 13.9. The third-order valence-electron chi connectivity index (χ3n) is 6.53. The Bertz CT molecular complexity index is 1950. The number of carbonyl (C=O) groups is 1. The predicted molar refractivity (Wildman–Crippen MR) is 177 cm³/mol. The van der Waals surface area contributed by atoms with Crippen LogP contribution >= 0.6 is 23.6 Å². The Hall–Kier alpha value is -4.30. The Morgan fingerprint density at radius 2 is 1.69 bits per heavy atom. The normalized spacial score (nSPS) is 11.4. The van der Waals surface area contributed by atoms with Gasteiger partial charge in [0.15, 0.2) is 16.7 Å². The number of halogens is 2. The fourth-order valence-corrected chi connectivity index (χ4v) is 6.13. The second-order valence-electron chi connectivity index (χ2n) is 10.2. The largest absolute Gasteiger partial charge is 0.453 e. The van der Waals surface area contributed by atoms with Gasteiger partial charge in [-0.05, 0) is 59.2 Å². The smallest absolute Gasteiger partial charge is 0.230 e. The molecule has 13 heteroatoms. The Kier molecular flexibility index (Phi) is 10.1. The van der Waals surface area contributed by atoms with Gasteiger partial charge in [0.1, 0.15) is 21.4 Å². The number of sulfone groups is 1. The highest BCUT2D eigenvalue weighted by atomic mass is 32.2. The van der Waals surface area contributed by atoms with Crippen LogP contribution in [0.25, 0.3) is 20.7 Å². The zero-order valence-electron chi connectivity index (χ0n) is 24.0. The summed E-state index contributed by atoms with van der Waals surface area (Å²) in [7, 11) is -3.01. The molecular weight excluding hydrogens is 639 g/mol. The lowest BCUT2D eigenvalue weighted by Crippen LogP contribution is -2.35. The van der Waals surface area contributed by atoms with Gasteiger partial charge >= 0.3 is 0 Å². The molecule has 0 radical (unpaired) electrons. The van der Waals surface area contributed by atoms with E-state index in [1.807, 2.05) is 30.3 Å². The van der Waals surface area contributed by atoms with Gasteiger partial charge in [-0.3, -0.25) is 9.78 Å². The average molecular weight is 667 g/mol. The number of hydrogen-bond donors (Lipinski definition) is 3. The van der Waals surface area contributed by atoms with E-state index >= 15 is 4.39 Å². The third kappa shape index (κ3) is 9.11. The molecule has 232 valence electrons. The monoisotopic (exact) mass is 666 g/mol. The van der Waals surface area contributed by atoms with E-state index in [9.17, 15) is 17.6 Å². The number of carbonyl (C=O) groups excluding carboxylic acids is 1. The molecular formula is C32H28F2N4O4S3. The van der Waals surface area contributed by atoms with E-state index in [0.717, 1.165) is 20.7 Å². The molecule has 0 bridgehead atoms. The van der Waals surface area contributed by atoms with Crippen LogP contribution in [-0.4, -0.2) is 43.0 Å². The molecule has 2 heterocycles. The first kappa shape index (κ1) is 32.1. The van der Waals surface area contributed by atoms with E-state index in [0.29, 0.717) is 35.6 Å². The van der Waals surface area contributed by atoms with Crippen LogP contribution in [0.15, 0.2) is 85.1 Å². The maximum atomic E-state index is 15.1. The van der Waals surface area contributed by atoms with Crippen molar-refractivity contribution < 1.29 is 26.7 Å². The topological polar surface area (TPSA) is 109 Å².